The van der Waals surface area contributed by atoms with Crippen LogP contribution in [0.2, 0.25) is 35.8 Å². The summed E-state index contributed by atoms with van der Waals surface area (Å²) in [7, 11) is -2.70. The van der Waals surface area contributed by atoms with Crippen molar-refractivity contribution in [1.82, 2.24) is 0 Å². The van der Waals surface area contributed by atoms with Crippen LogP contribution in [0.5, 0.6) is 0 Å². The normalized spacial score (nSPS) is 32.8. The predicted octanol–water partition coefficient (Wildman–Crippen LogP) is 7.08. The molecule has 0 aliphatic carbocycles. The minimum atomic E-state index is -1.40. The van der Waals surface area contributed by atoms with E-state index in [0.717, 1.165) is 11.5 Å². The molecule has 2 aromatic carbocycles. The maximum Gasteiger partial charge on any atom is 0.0897 e. The standard InChI is InChI=1S/C26H37BrSi2/c1-2-17-28(24-9-5-3-6-10-24)18-15-26(16-19-28)29(25-11-7-4-8-12-25)20-13-23(22-27)14-21-29/h3-12,23,26H,2,13-22H2,1H3. The summed E-state index contributed by atoms with van der Waals surface area (Å²) in [6, 6.07) is 31.2. The van der Waals surface area contributed by atoms with Crippen LogP contribution in [0.1, 0.15) is 39.0 Å². The zero-order valence-corrected chi connectivity index (χ0v) is 21.7. The second-order valence-electron chi connectivity index (χ2n) is 9.79. The Hall–Kier alpha value is -0.646. The number of alkyl halides is 1. The molecule has 156 valence electrons. The van der Waals surface area contributed by atoms with Gasteiger partial charge in [0.05, 0.1) is 16.1 Å². The molecule has 4 rings (SSSR count). The maximum atomic E-state index is 3.78. The van der Waals surface area contributed by atoms with Crippen molar-refractivity contribution < 1.29 is 0 Å². The zero-order valence-electron chi connectivity index (χ0n) is 18.1. The molecule has 0 atom stereocenters. The fourth-order valence-corrected chi connectivity index (χ4v) is 19.4. The van der Waals surface area contributed by atoms with Crippen molar-refractivity contribution in [2.45, 2.75) is 74.8 Å². The Morgan fingerprint density at radius 2 is 1.31 bits per heavy atom. The fraction of sp³-hybridized carbons (Fsp3) is 0.538. The van der Waals surface area contributed by atoms with E-state index in [1.54, 1.807) is 22.5 Å². The van der Waals surface area contributed by atoms with Gasteiger partial charge in [0.15, 0.2) is 0 Å². The molecule has 3 heteroatoms. The minimum Gasteiger partial charge on any atom is -0.0925 e. The number of halogens is 1. The van der Waals surface area contributed by atoms with Crippen LogP contribution in [-0.2, 0) is 0 Å². The van der Waals surface area contributed by atoms with Crippen molar-refractivity contribution in [3.63, 3.8) is 0 Å². The Balaban J connectivity index is 1.58. The van der Waals surface area contributed by atoms with E-state index in [0.29, 0.717) is 0 Å². The van der Waals surface area contributed by atoms with Gasteiger partial charge in [-0.2, -0.15) is 0 Å². The van der Waals surface area contributed by atoms with Crippen LogP contribution < -0.4 is 10.4 Å². The first-order valence-electron chi connectivity index (χ1n) is 11.9. The lowest BCUT2D eigenvalue weighted by Crippen LogP contribution is -2.57. The molecule has 0 bridgehead atoms. The number of hydrogen-bond donors (Lipinski definition) is 0. The first kappa shape index (κ1) is 21.6. The molecule has 2 aromatic rings. The van der Waals surface area contributed by atoms with Gasteiger partial charge >= 0.3 is 0 Å². The molecule has 2 fully saturated rings. The van der Waals surface area contributed by atoms with Crippen molar-refractivity contribution in [2.75, 3.05) is 5.33 Å². The second-order valence-corrected chi connectivity index (χ2v) is 19.8. The number of rotatable bonds is 6. The lowest BCUT2D eigenvalue weighted by atomic mass is 10.1. The molecule has 2 aliphatic rings. The van der Waals surface area contributed by atoms with Crippen LogP contribution in [0.25, 0.3) is 0 Å². The van der Waals surface area contributed by atoms with Crippen LogP contribution in [-0.4, -0.2) is 21.5 Å². The largest absolute Gasteiger partial charge is 0.0925 e. The predicted molar refractivity (Wildman–Crippen MR) is 137 cm³/mol. The molecule has 2 aliphatic heterocycles. The van der Waals surface area contributed by atoms with Crippen LogP contribution >= 0.6 is 15.9 Å². The third kappa shape index (κ3) is 4.38. The summed E-state index contributed by atoms with van der Waals surface area (Å²) in [6.45, 7) is 2.41. The van der Waals surface area contributed by atoms with Crippen molar-refractivity contribution in [2.24, 2.45) is 5.92 Å². The lowest BCUT2D eigenvalue weighted by Gasteiger charge is -2.49. The number of benzene rings is 2. The quantitative estimate of drug-likeness (QED) is 0.303. The van der Waals surface area contributed by atoms with Crippen LogP contribution in [0, 0.1) is 5.92 Å². The monoisotopic (exact) mass is 484 g/mol. The van der Waals surface area contributed by atoms with E-state index in [1.165, 1.54) is 55.6 Å². The van der Waals surface area contributed by atoms with Gasteiger partial charge in [-0.25, -0.2) is 0 Å². The third-order valence-corrected chi connectivity index (χ3v) is 20.8. The van der Waals surface area contributed by atoms with Gasteiger partial charge in [-0.15, -0.1) is 0 Å². The summed E-state index contributed by atoms with van der Waals surface area (Å²) in [5, 5.41) is 4.73. The molecule has 2 saturated heterocycles. The Bertz CT molecular complexity index is 745. The van der Waals surface area contributed by atoms with E-state index in [-0.39, 0.29) is 0 Å². The summed E-state index contributed by atoms with van der Waals surface area (Å²) < 4.78 is 0. The molecular formula is C26H37BrSi2. The van der Waals surface area contributed by atoms with E-state index >= 15 is 0 Å². The Labute approximate surface area is 188 Å². The average Bonchev–Trinajstić information content (AvgIpc) is 2.81. The molecule has 0 nitrogen and oxygen atoms in total. The Kier molecular flexibility index (Phi) is 7.19. The summed E-state index contributed by atoms with van der Waals surface area (Å²) >= 11 is 3.78. The lowest BCUT2D eigenvalue weighted by molar-refractivity contribution is 0.512. The van der Waals surface area contributed by atoms with Crippen LogP contribution in [0.4, 0.5) is 0 Å². The first-order chi connectivity index (χ1) is 14.2. The van der Waals surface area contributed by atoms with E-state index in [1.807, 2.05) is 0 Å². The summed E-state index contributed by atoms with van der Waals surface area (Å²) in [5.41, 5.74) is 1.02. The second kappa shape index (κ2) is 9.66. The molecule has 0 amide bonds. The Morgan fingerprint density at radius 3 is 1.83 bits per heavy atom. The summed E-state index contributed by atoms with van der Waals surface area (Å²) in [4.78, 5) is 0. The summed E-state index contributed by atoms with van der Waals surface area (Å²) in [6.07, 6.45) is 7.31. The molecule has 0 saturated carbocycles. The van der Waals surface area contributed by atoms with Gasteiger partial charge < -0.3 is 0 Å². The highest BCUT2D eigenvalue weighted by Crippen LogP contribution is 2.49. The van der Waals surface area contributed by atoms with E-state index < -0.39 is 16.1 Å². The van der Waals surface area contributed by atoms with Gasteiger partial charge in [0.25, 0.3) is 0 Å². The van der Waals surface area contributed by atoms with Gasteiger partial charge in [-0.3, -0.25) is 0 Å². The molecule has 2 heterocycles. The molecule has 0 aromatic heterocycles. The third-order valence-electron chi connectivity index (χ3n) is 8.40. The van der Waals surface area contributed by atoms with Crippen LogP contribution in [0.3, 0.4) is 0 Å². The molecular weight excluding hydrogens is 448 g/mol. The van der Waals surface area contributed by atoms with E-state index in [2.05, 4.69) is 83.5 Å². The zero-order chi connectivity index (χ0) is 20.2. The van der Waals surface area contributed by atoms with E-state index in [4.69, 9.17) is 0 Å². The van der Waals surface area contributed by atoms with Gasteiger partial charge in [-0.1, -0.05) is 156 Å². The highest BCUT2D eigenvalue weighted by Gasteiger charge is 2.49. The molecule has 0 N–H and O–H groups in total. The fourth-order valence-electron chi connectivity index (χ4n) is 6.73. The average molecular weight is 486 g/mol. The highest BCUT2D eigenvalue weighted by molar-refractivity contribution is 9.09. The number of hydrogen-bond acceptors (Lipinski definition) is 0. The first-order valence-corrected chi connectivity index (χ1v) is 18.1. The van der Waals surface area contributed by atoms with Crippen LogP contribution in [0.15, 0.2) is 60.7 Å². The van der Waals surface area contributed by atoms with Crippen molar-refractivity contribution >= 4 is 42.5 Å². The smallest absolute Gasteiger partial charge is 0.0897 e. The summed E-state index contributed by atoms with van der Waals surface area (Å²) in [5.74, 6) is 0.917. The molecule has 0 spiro atoms. The van der Waals surface area contributed by atoms with Gasteiger partial charge in [0.2, 0.25) is 0 Å². The SMILES string of the molecule is CCC[Si]1(c2ccccc2)CCC([Si]2(c3ccccc3)CCC(CBr)CC2)CC1. The van der Waals surface area contributed by atoms with Gasteiger partial charge in [0, 0.05) is 5.33 Å². The molecule has 29 heavy (non-hydrogen) atoms. The minimum absolute atomic E-state index is 0.917. The van der Waals surface area contributed by atoms with Crippen molar-refractivity contribution in [1.29, 1.82) is 0 Å². The topological polar surface area (TPSA) is 0 Å². The van der Waals surface area contributed by atoms with Gasteiger partial charge in [-0.05, 0) is 11.5 Å². The molecule has 0 unspecified atom stereocenters. The van der Waals surface area contributed by atoms with E-state index in [9.17, 15) is 0 Å². The Morgan fingerprint density at radius 1 is 0.759 bits per heavy atom. The highest BCUT2D eigenvalue weighted by atomic mass is 79.9. The molecule has 0 radical (unpaired) electrons. The van der Waals surface area contributed by atoms with Crippen molar-refractivity contribution in [3.05, 3.63) is 60.7 Å². The van der Waals surface area contributed by atoms with Gasteiger partial charge in [0.1, 0.15) is 0 Å². The maximum absolute atomic E-state index is 3.78. The van der Waals surface area contributed by atoms with Crippen molar-refractivity contribution in [3.8, 4) is 0 Å².